The zero-order valence-electron chi connectivity index (χ0n) is 17.4. The van der Waals surface area contributed by atoms with Gasteiger partial charge in [-0.1, -0.05) is 0 Å². The Morgan fingerprint density at radius 3 is 2.26 bits per heavy atom. The molecular formula is C21H18F7N3O2S. The van der Waals surface area contributed by atoms with Gasteiger partial charge in [0.15, 0.2) is 0 Å². The fourth-order valence-corrected chi connectivity index (χ4v) is 5.41. The predicted molar refractivity (Wildman–Crippen MR) is 105 cm³/mol. The molecule has 2 amide bonds. The van der Waals surface area contributed by atoms with Gasteiger partial charge in [-0.05, 0) is 50.3 Å². The van der Waals surface area contributed by atoms with Crippen molar-refractivity contribution in [2.24, 2.45) is 5.41 Å². The lowest BCUT2D eigenvalue weighted by Gasteiger charge is -2.29. The summed E-state index contributed by atoms with van der Waals surface area (Å²) in [5.74, 6) is -3.21. The Bertz CT molecular complexity index is 1060. The molecule has 0 unspecified atom stereocenters. The van der Waals surface area contributed by atoms with Crippen molar-refractivity contribution in [1.29, 1.82) is 5.26 Å². The van der Waals surface area contributed by atoms with Gasteiger partial charge in [0, 0.05) is 16.7 Å². The molecule has 1 aromatic carbocycles. The lowest BCUT2D eigenvalue weighted by atomic mass is 10.0. The third-order valence-corrected chi connectivity index (χ3v) is 7.68. The molecule has 0 bridgehead atoms. The maximum absolute atomic E-state index is 13.6. The number of nitriles is 1. The van der Waals surface area contributed by atoms with Crippen molar-refractivity contribution >= 4 is 23.6 Å². The number of hydrogen-bond acceptors (Lipinski definition) is 4. The number of nitrogens with zero attached hydrogens (tertiary/aromatic N) is 2. The van der Waals surface area contributed by atoms with E-state index in [4.69, 9.17) is 0 Å². The summed E-state index contributed by atoms with van der Waals surface area (Å²) in [5.41, 5.74) is -5.00. The number of thioether (sulfide) groups is 1. The van der Waals surface area contributed by atoms with Crippen molar-refractivity contribution in [3.05, 3.63) is 29.6 Å². The van der Waals surface area contributed by atoms with E-state index in [1.165, 1.54) is 0 Å². The van der Waals surface area contributed by atoms with E-state index in [1.807, 2.05) is 6.07 Å². The quantitative estimate of drug-likeness (QED) is 0.597. The second-order valence-electron chi connectivity index (χ2n) is 8.85. The van der Waals surface area contributed by atoms with Crippen molar-refractivity contribution in [3.63, 3.8) is 0 Å². The van der Waals surface area contributed by atoms with Gasteiger partial charge >= 0.3 is 12.4 Å². The summed E-state index contributed by atoms with van der Waals surface area (Å²) in [6.45, 7) is -0.395. The molecule has 1 heterocycles. The Labute approximate surface area is 193 Å². The van der Waals surface area contributed by atoms with E-state index in [-0.39, 0.29) is 11.3 Å². The number of halogens is 7. The zero-order valence-corrected chi connectivity index (χ0v) is 18.2. The number of benzene rings is 1. The summed E-state index contributed by atoms with van der Waals surface area (Å²) < 4.78 is 94.3. The molecule has 3 fully saturated rings. The van der Waals surface area contributed by atoms with E-state index in [2.05, 4.69) is 5.32 Å². The van der Waals surface area contributed by atoms with E-state index in [0.29, 0.717) is 30.7 Å². The highest BCUT2D eigenvalue weighted by Gasteiger charge is 2.70. The van der Waals surface area contributed by atoms with Crippen LogP contribution in [0.1, 0.15) is 37.7 Å². The molecule has 1 aliphatic heterocycles. The molecule has 2 saturated carbocycles. The number of nitrogens with one attached hydrogen (secondary N) is 1. The van der Waals surface area contributed by atoms with Crippen LogP contribution in [-0.2, 0) is 15.8 Å². The minimum atomic E-state index is -4.88. The summed E-state index contributed by atoms with van der Waals surface area (Å²) in [5, 5.41) is 10.8. The van der Waals surface area contributed by atoms with Gasteiger partial charge in [-0.15, -0.1) is 11.8 Å². The van der Waals surface area contributed by atoms with Crippen molar-refractivity contribution in [2.75, 3.05) is 6.54 Å². The first-order chi connectivity index (χ1) is 15.7. The van der Waals surface area contributed by atoms with Gasteiger partial charge in [-0.3, -0.25) is 9.59 Å². The van der Waals surface area contributed by atoms with Crippen molar-refractivity contribution in [1.82, 2.24) is 10.2 Å². The fourth-order valence-electron chi connectivity index (χ4n) is 4.09. The topological polar surface area (TPSA) is 73.2 Å². The van der Waals surface area contributed by atoms with Crippen LogP contribution in [0.25, 0.3) is 0 Å². The Morgan fingerprint density at radius 1 is 1.12 bits per heavy atom. The normalized spacial score (nSPS) is 24.9. The number of amides is 2. The van der Waals surface area contributed by atoms with Crippen LogP contribution in [0.5, 0.6) is 0 Å². The molecular weight excluding hydrogens is 491 g/mol. The summed E-state index contributed by atoms with van der Waals surface area (Å²) in [4.78, 5) is 26.2. The van der Waals surface area contributed by atoms with Crippen LogP contribution in [0.4, 0.5) is 30.7 Å². The minimum Gasteiger partial charge on any atom is -0.336 e. The molecule has 5 nitrogen and oxygen atoms in total. The van der Waals surface area contributed by atoms with E-state index in [1.54, 1.807) is 0 Å². The number of rotatable bonds is 5. The molecule has 3 aliphatic rings. The number of carbonyl (C=O) groups excluding carboxylic acids is 2. The largest absolute Gasteiger partial charge is 0.417 e. The van der Waals surface area contributed by atoms with Crippen molar-refractivity contribution in [2.45, 2.75) is 66.2 Å². The van der Waals surface area contributed by atoms with Gasteiger partial charge < -0.3 is 10.2 Å². The van der Waals surface area contributed by atoms with Gasteiger partial charge in [0.05, 0.1) is 11.6 Å². The lowest BCUT2D eigenvalue weighted by Crippen LogP contribution is -2.53. The van der Waals surface area contributed by atoms with Crippen LogP contribution in [0.2, 0.25) is 0 Å². The Balaban J connectivity index is 1.60. The highest BCUT2D eigenvalue weighted by atomic mass is 32.2. The molecule has 0 radical (unpaired) electrons. The van der Waals surface area contributed by atoms with Gasteiger partial charge in [-0.25, -0.2) is 4.39 Å². The zero-order chi connectivity index (χ0) is 25.1. The number of carbonyl (C=O) groups is 2. The van der Waals surface area contributed by atoms with E-state index < -0.39 is 77.2 Å². The lowest BCUT2D eigenvalue weighted by molar-refractivity contribution is -0.199. The SMILES string of the molecule is N#CC1(NC(=O)[C@@H]2C[C@@H](Sc3ccc(F)cc3C(F)(F)F)CN2C(=O)C2(C(F)(F)F)CC2)CC1. The van der Waals surface area contributed by atoms with Crippen molar-refractivity contribution < 1.29 is 40.3 Å². The molecule has 4 rings (SSSR count). The summed E-state index contributed by atoms with van der Waals surface area (Å²) >= 11 is 0.627. The molecule has 13 heteroatoms. The van der Waals surface area contributed by atoms with Crippen LogP contribution in [0.15, 0.2) is 23.1 Å². The third kappa shape index (κ3) is 4.44. The molecule has 2 atom stereocenters. The van der Waals surface area contributed by atoms with Crippen LogP contribution < -0.4 is 5.32 Å². The average Bonchev–Trinajstić information content (AvgIpc) is 3.65. The first kappa shape index (κ1) is 24.6. The molecule has 34 heavy (non-hydrogen) atoms. The van der Waals surface area contributed by atoms with Crippen LogP contribution in [0.3, 0.4) is 0 Å². The van der Waals surface area contributed by atoms with E-state index in [9.17, 15) is 45.6 Å². The van der Waals surface area contributed by atoms with Crippen molar-refractivity contribution in [3.8, 4) is 6.07 Å². The maximum atomic E-state index is 13.6. The minimum absolute atomic E-state index is 0.216. The number of alkyl halides is 6. The molecule has 184 valence electrons. The molecule has 0 aromatic heterocycles. The first-order valence-electron chi connectivity index (χ1n) is 10.4. The summed E-state index contributed by atoms with van der Waals surface area (Å²) in [7, 11) is 0. The molecule has 2 aliphatic carbocycles. The van der Waals surface area contributed by atoms with E-state index >= 15 is 0 Å². The highest BCUT2D eigenvalue weighted by molar-refractivity contribution is 8.00. The summed E-state index contributed by atoms with van der Waals surface area (Å²) in [6, 6.07) is 2.60. The Kier molecular flexibility index (Phi) is 5.82. The van der Waals surface area contributed by atoms with E-state index in [0.717, 1.165) is 17.0 Å². The second-order valence-corrected chi connectivity index (χ2v) is 10.2. The highest BCUT2D eigenvalue weighted by Crippen LogP contribution is 2.59. The Hall–Kier alpha value is -2.49. The van der Waals surface area contributed by atoms with Crippen LogP contribution in [-0.4, -0.2) is 46.3 Å². The van der Waals surface area contributed by atoms with Crippen LogP contribution in [0, 0.1) is 22.6 Å². The molecule has 1 saturated heterocycles. The molecule has 1 aromatic rings. The monoisotopic (exact) mass is 509 g/mol. The third-order valence-electron chi connectivity index (χ3n) is 6.40. The second kappa shape index (κ2) is 8.03. The predicted octanol–water partition coefficient (Wildman–Crippen LogP) is 4.42. The van der Waals surface area contributed by atoms with Crippen LogP contribution >= 0.6 is 11.8 Å². The fraction of sp³-hybridized carbons (Fsp3) is 0.571. The summed E-state index contributed by atoms with van der Waals surface area (Å²) in [6.07, 6.45) is -10.1. The smallest absolute Gasteiger partial charge is 0.336 e. The number of hydrogen-bond donors (Lipinski definition) is 1. The van der Waals surface area contributed by atoms with Gasteiger partial charge in [0.1, 0.15) is 22.8 Å². The number of likely N-dealkylation sites (tertiary alicyclic amines) is 1. The Morgan fingerprint density at radius 2 is 1.76 bits per heavy atom. The molecule has 0 spiro atoms. The molecule has 1 N–H and O–H groups in total. The van der Waals surface area contributed by atoms with Gasteiger partial charge in [0.2, 0.25) is 11.8 Å². The standard InChI is InChI=1S/C21H18F7N3O2S/c22-11-1-2-15(13(7-11)20(23,24)25)34-12-8-14(16(32)30-18(10-29)3-4-18)31(9-12)17(33)19(5-6-19)21(26,27)28/h1-2,7,12,14H,3-6,8-9H2,(H,30,32)/t12-,14+/m1/s1. The maximum Gasteiger partial charge on any atom is 0.417 e. The van der Waals surface area contributed by atoms with Gasteiger partial charge in [0.25, 0.3) is 0 Å². The van der Waals surface area contributed by atoms with Gasteiger partial charge in [-0.2, -0.15) is 31.6 Å². The first-order valence-corrected chi connectivity index (χ1v) is 11.2. The average molecular weight is 509 g/mol.